The molecule has 4 rings (SSSR count). The first kappa shape index (κ1) is 23.8. The molecule has 1 atom stereocenters. The summed E-state index contributed by atoms with van der Waals surface area (Å²) in [5.74, 6) is 2.20. The Morgan fingerprint density at radius 1 is 0.971 bits per heavy atom. The van der Waals surface area contributed by atoms with Gasteiger partial charge in [-0.25, -0.2) is 0 Å². The van der Waals surface area contributed by atoms with Gasteiger partial charge < -0.3 is 24.3 Å². The van der Waals surface area contributed by atoms with Crippen LogP contribution in [0.3, 0.4) is 0 Å². The molecule has 1 N–H and O–H groups in total. The smallest absolute Gasteiger partial charge is 0.253 e. The minimum atomic E-state index is -0.275. The zero-order valence-corrected chi connectivity index (χ0v) is 20.7. The van der Waals surface area contributed by atoms with Gasteiger partial charge in [-0.3, -0.25) is 4.79 Å². The van der Waals surface area contributed by atoms with Crippen LogP contribution in [0.1, 0.15) is 39.5 Å². The number of carbonyl (C=O) groups excluding carboxylic acids is 1. The summed E-state index contributed by atoms with van der Waals surface area (Å²) in [4.78, 5) is 13.3. The first-order valence-corrected chi connectivity index (χ1v) is 11.4. The van der Waals surface area contributed by atoms with Gasteiger partial charge in [-0.1, -0.05) is 29.8 Å². The number of fused-ring (bicyclic) bond motifs is 3. The number of halogens is 1. The summed E-state index contributed by atoms with van der Waals surface area (Å²) in [6, 6.07) is 13.0. The van der Waals surface area contributed by atoms with Crippen molar-refractivity contribution in [3.8, 4) is 34.1 Å². The van der Waals surface area contributed by atoms with Crippen molar-refractivity contribution in [1.29, 1.82) is 0 Å². The Morgan fingerprint density at radius 3 is 2.41 bits per heavy atom. The van der Waals surface area contributed by atoms with E-state index in [-0.39, 0.29) is 11.9 Å². The van der Waals surface area contributed by atoms with Crippen LogP contribution in [0.25, 0.3) is 11.1 Å². The highest BCUT2D eigenvalue weighted by Gasteiger charge is 2.30. The fraction of sp³-hybridized carbons (Fsp3) is 0.296. The van der Waals surface area contributed by atoms with E-state index in [9.17, 15) is 4.79 Å². The Morgan fingerprint density at radius 2 is 1.74 bits per heavy atom. The van der Waals surface area contributed by atoms with Gasteiger partial charge in [0.05, 0.1) is 45.1 Å². The van der Waals surface area contributed by atoms with Crippen LogP contribution in [0.5, 0.6) is 23.0 Å². The van der Waals surface area contributed by atoms with Gasteiger partial charge >= 0.3 is 0 Å². The summed E-state index contributed by atoms with van der Waals surface area (Å²) in [5, 5.41) is 3.66. The summed E-state index contributed by atoms with van der Waals surface area (Å²) in [6.45, 7) is 1.88. The molecular weight excluding hydrogens is 454 g/mol. The first-order valence-electron chi connectivity index (χ1n) is 11.0. The minimum Gasteiger partial charge on any atom is -0.497 e. The van der Waals surface area contributed by atoms with Crippen molar-refractivity contribution in [2.24, 2.45) is 0 Å². The molecule has 3 aromatic rings. The lowest BCUT2D eigenvalue weighted by Gasteiger charge is -2.22. The molecule has 0 saturated carbocycles. The number of carbonyl (C=O) groups is 1. The number of ether oxygens (including phenoxy) is 4. The molecule has 0 heterocycles. The zero-order valence-electron chi connectivity index (χ0n) is 20.0. The summed E-state index contributed by atoms with van der Waals surface area (Å²) < 4.78 is 22.5. The Kier molecular flexibility index (Phi) is 6.89. The molecule has 6 nitrogen and oxygen atoms in total. The van der Waals surface area contributed by atoms with Crippen LogP contribution in [0, 0.1) is 6.92 Å². The molecule has 1 aliphatic carbocycles. The van der Waals surface area contributed by atoms with Crippen molar-refractivity contribution < 1.29 is 23.7 Å². The van der Waals surface area contributed by atoms with E-state index in [2.05, 4.69) is 5.32 Å². The van der Waals surface area contributed by atoms with Crippen molar-refractivity contribution in [1.82, 2.24) is 5.32 Å². The fourth-order valence-electron chi connectivity index (χ4n) is 4.55. The van der Waals surface area contributed by atoms with Crippen molar-refractivity contribution >= 4 is 17.5 Å². The molecule has 0 radical (unpaired) electrons. The topological polar surface area (TPSA) is 66.0 Å². The van der Waals surface area contributed by atoms with Gasteiger partial charge in [0.1, 0.15) is 5.75 Å². The van der Waals surface area contributed by atoms with Gasteiger partial charge in [0, 0.05) is 5.56 Å². The maximum absolute atomic E-state index is 13.3. The Labute approximate surface area is 204 Å². The largest absolute Gasteiger partial charge is 0.497 e. The summed E-state index contributed by atoms with van der Waals surface area (Å²) in [7, 11) is 6.44. The highest BCUT2D eigenvalue weighted by atomic mass is 35.5. The average Bonchev–Trinajstić information content (AvgIpc) is 3.00. The van der Waals surface area contributed by atoms with Crippen LogP contribution in [0.2, 0.25) is 5.02 Å². The quantitative estimate of drug-likeness (QED) is 0.484. The molecule has 0 saturated heterocycles. The Hall–Kier alpha value is -3.38. The van der Waals surface area contributed by atoms with E-state index in [4.69, 9.17) is 30.5 Å². The van der Waals surface area contributed by atoms with Gasteiger partial charge in [-0.2, -0.15) is 0 Å². The summed E-state index contributed by atoms with van der Waals surface area (Å²) >= 11 is 6.44. The fourth-order valence-corrected chi connectivity index (χ4v) is 4.76. The molecule has 0 spiro atoms. The third-order valence-electron chi connectivity index (χ3n) is 6.26. The van der Waals surface area contributed by atoms with E-state index in [1.807, 2.05) is 43.3 Å². The Bertz CT molecular complexity index is 1240. The lowest BCUT2D eigenvalue weighted by molar-refractivity contribution is 0.0935. The van der Waals surface area contributed by atoms with Gasteiger partial charge in [-0.15, -0.1) is 0 Å². The lowest BCUT2D eigenvalue weighted by atomic mass is 9.93. The molecule has 34 heavy (non-hydrogen) atoms. The molecule has 0 bridgehead atoms. The third kappa shape index (κ3) is 4.14. The summed E-state index contributed by atoms with van der Waals surface area (Å²) in [6.07, 6.45) is 1.36. The van der Waals surface area contributed by atoms with Gasteiger partial charge in [0.2, 0.25) is 5.75 Å². The molecule has 1 aliphatic rings. The van der Waals surface area contributed by atoms with Gasteiger partial charge in [0.15, 0.2) is 11.5 Å². The van der Waals surface area contributed by atoms with E-state index in [0.717, 1.165) is 27.8 Å². The number of hydrogen-bond acceptors (Lipinski definition) is 5. The molecule has 178 valence electrons. The molecule has 0 fully saturated rings. The SMILES string of the molecule is COc1ccc2c(c1)[C@@H](NC(=O)c1cccc(C)c1Cl)CCc1cc(OC)c(OC)c(OC)c1-2. The van der Waals surface area contributed by atoms with Crippen LogP contribution in [-0.2, 0) is 6.42 Å². The van der Waals surface area contributed by atoms with Gasteiger partial charge in [0.25, 0.3) is 5.91 Å². The van der Waals surface area contributed by atoms with Crippen LogP contribution in [-0.4, -0.2) is 34.3 Å². The van der Waals surface area contributed by atoms with Crippen LogP contribution in [0.4, 0.5) is 0 Å². The molecule has 0 unspecified atom stereocenters. The van der Waals surface area contributed by atoms with Crippen LogP contribution in [0.15, 0.2) is 42.5 Å². The van der Waals surface area contributed by atoms with Crippen molar-refractivity contribution in [2.45, 2.75) is 25.8 Å². The predicted molar refractivity (Wildman–Crippen MR) is 133 cm³/mol. The highest BCUT2D eigenvalue weighted by molar-refractivity contribution is 6.34. The molecule has 0 aromatic heterocycles. The molecule has 7 heteroatoms. The molecule has 3 aromatic carbocycles. The van der Waals surface area contributed by atoms with E-state index in [1.165, 1.54) is 0 Å². The second kappa shape index (κ2) is 9.85. The Balaban J connectivity index is 1.86. The predicted octanol–water partition coefficient (Wildman–Crippen LogP) is 5.77. The number of benzene rings is 3. The number of rotatable bonds is 6. The number of hydrogen-bond donors (Lipinski definition) is 1. The standard InChI is InChI=1S/C27H28ClNO5/c1-15-7-6-8-19(24(15)28)27(30)29-21-12-9-16-13-22(32-3)25(33-4)26(34-5)23(16)18-11-10-17(31-2)14-20(18)21/h6-8,10-11,13-14,21H,9,12H2,1-5H3,(H,29,30)/t21-/m0/s1. The molecule has 0 aliphatic heterocycles. The third-order valence-corrected chi connectivity index (χ3v) is 6.76. The lowest BCUT2D eigenvalue weighted by Crippen LogP contribution is -2.29. The minimum absolute atomic E-state index is 0.222. The average molecular weight is 482 g/mol. The first-order chi connectivity index (χ1) is 16.4. The van der Waals surface area contributed by atoms with Crippen LogP contribution >= 0.6 is 11.6 Å². The van der Waals surface area contributed by atoms with E-state index < -0.39 is 0 Å². The van der Waals surface area contributed by atoms with E-state index in [0.29, 0.717) is 46.4 Å². The van der Waals surface area contributed by atoms with Crippen molar-refractivity contribution in [2.75, 3.05) is 28.4 Å². The maximum atomic E-state index is 13.3. The summed E-state index contributed by atoms with van der Waals surface area (Å²) in [5.41, 5.74) is 5.14. The second-order valence-electron chi connectivity index (χ2n) is 8.13. The molecular formula is C27H28ClNO5. The van der Waals surface area contributed by atoms with Crippen LogP contribution < -0.4 is 24.3 Å². The number of nitrogens with one attached hydrogen (secondary N) is 1. The maximum Gasteiger partial charge on any atom is 0.253 e. The van der Waals surface area contributed by atoms with Crippen molar-refractivity contribution in [3.63, 3.8) is 0 Å². The monoisotopic (exact) mass is 481 g/mol. The highest BCUT2D eigenvalue weighted by Crippen LogP contribution is 2.50. The van der Waals surface area contributed by atoms with Gasteiger partial charge in [-0.05, 0) is 66.3 Å². The second-order valence-corrected chi connectivity index (χ2v) is 8.51. The van der Waals surface area contributed by atoms with E-state index in [1.54, 1.807) is 34.5 Å². The van der Waals surface area contributed by atoms with E-state index >= 15 is 0 Å². The number of methoxy groups -OCH3 is 4. The zero-order chi connectivity index (χ0) is 24.4. The normalized spacial score (nSPS) is 14.4. The number of aryl methyl sites for hydroxylation is 2. The number of amides is 1. The molecule has 1 amide bonds. The van der Waals surface area contributed by atoms with Crippen molar-refractivity contribution in [3.05, 3.63) is 69.7 Å².